The van der Waals surface area contributed by atoms with Gasteiger partial charge in [0.1, 0.15) is 4.90 Å². The molecule has 1 aromatic carbocycles. The van der Waals surface area contributed by atoms with Crippen molar-refractivity contribution in [1.29, 1.82) is 0 Å². The van der Waals surface area contributed by atoms with Crippen LogP contribution in [0, 0.1) is 10.1 Å². The van der Waals surface area contributed by atoms with Crippen LogP contribution in [-0.2, 0) is 19.6 Å². The molecule has 132 valence electrons. The van der Waals surface area contributed by atoms with Gasteiger partial charge in [-0.25, -0.2) is 0 Å². The van der Waals surface area contributed by atoms with Crippen LogP contribution in [0.15, 0.2) is 47.4 Å². The summed E-state index contributed by atoms with van der Waals surface area (Å²) in [5.41, 5.74) is 1.39. The number of benzene rings is 2. The number of ether oxygens (including phenoxy) is 1. The summed E-state index contributed by atoms with van der Waals surface area (Å²) >= 11 is 0. The molecular weight excluding hydrogens is 350 g/mol. The lowest BCUT2D eigenvalue weighted by Crippen LogP contribution is -2.08. The van der Waals surface area contributed by atoms with E-state index in [-0.39, 0.29) is 16.6 Å². The highest BCUT2D eigenvalue weighted by atomic mass is 32.2. The maximum atomic E-state index is 11.9. The first-order chi connectivity index (χ1) is 11.8. The average Bonchev–Trinajstić information content (AvgIpc) is 3.01. The van der Waals surface area contributed by atoms with Crippen molar-refractivity contribution in [3.8, 4) is 16.9 Å². The molecule has 0 spiro atoms. The Kier molecular flexibility index (Phi) is 5.38. The molecule has 1 aromatic rings. The van der Waals surface area contributed by atoms with E-state index in [9.17, 15) is 23.3 Å². The van der Waals surface area contributed by atoms with Crippen LogP contribution >= 0.6 is 0 Å². The summed E-state index contributed by atoms with van der Waals surface area (Å²) in [7, 11) is -2.56. The SMILES string of the molecule is CCC(=O)OC.O=[N+]([O-])c1ccc(S(=O)(=O)Oc2c3cccc2-3)cc1. The largest absolute Gasteiger partial charge is 0.469 e. The third kappa shape index (κ3) is 4.32. The first-order valence-corrected chi connectivity index (χ1v) is 8.60. The van der Waals surface area contributed by atoms with Crippen molar-refractivity contribution in [1.82, 2.24) is 0 Å². The van der Waals surface area contributed by atoms with Crippen molar-refractivity contribution in [3.63, 3.8) is 0 Å². The number of hydrogen-bond acceptors (Lipinski definition) is 7. The molecule has 2 aliphatic carbocycles. The zero-order valence-corrected chi connectivity index (χ0v) is 14.3. The Morgan fingerprint density at radius 2 is 1.68 bits per heavy atom. The lowest BCUT2D eigenvalue weighted by molar-refractivity contribution is -0.384. The molecule has 2 aliphatic rings. The molecule has 0 saturated carbocycles. The van der Waals surface area contributed by atoms with Crippen LogP contribution in [-0.4, -0.2) is 26.4 Å². The quantitative estimate of drug-likeness (QED) is 0.296. The number of non-ortho nitro benzene ring substituents is 1. The van der Waals surface area contributed by atoms with Crippen molar-refractivity contribution in [2.45, 2.75) is 18.2 Å². The molecule has 0 fully saturated rings. The molecule has 0 bridgehead atoms. The van der Waals surface area contributed by atoms with Crippen molar-refractivity contribution in [2.24, 2.45) is 0 Å². The van der Waals surface area contributed by atoms with Gasteiger partial charge in [-0.2, -0.15) is 8.42 Å². The van der Waals surface area contributed by atoms with Gasteiger partial charge in [0.2, 0.25) is 0 Å². The van der Waals surface area contributed by atoms with Gasteiger partial charge < -0.3 is 8.92 Å². The van der Waals surface area contributed by atoms with E-state index in [1.54, 1.807) is 25.1 Å². The minimum absolute atomic E-state index is 0.110. The topological polar surface area (TPSA) is 113 Å². The molecule has 0 radical (unpaired) electrons. The van der Waals surface area contributed by atoms with Gasteiger partial charge in [-0.15, -0.1) is 0 Å². The molecule has 0 heterocycles. The van der Waals surface area contributed by atoms with Gasteiger partial charge in [0, 0.05) is 29.7 Å². The van der Waals surface area contributed by atoms with Crippen LogP contribution in [0.4, 0.5) is 5.69 Å². The van der Waals surface area contributed by atoms with Crippen molar-refractivity contribution >= 4 is 21.8 Å². The molecule has 8 nitrogen and oxygen atoms in total. The highest BCUT2D eigenvalue weighted by Gasteiger charge is 2.31. The standard InChI is InChI=1S/C12H7NO5S.C4H8O2/c14-13(15)8-4-6-9(7-5-8)19(16,17)18-12-10-2-1-3-11(10)12;1-3-4(5)6-2/h1-7H;3H2,1-2H3. The Hall–Kier alpha value is -2.94. The van der Waals surface area contributed by atoms with E-state index in [0.717, 1.165) is 35.4 Å². The van der Waals surface area contributed by atoms with Gasteiger partial charge in [0.05, 0.1) is 12.0 Å². The van der Waals surface area contributed by atoms with E-state index >= 15 is 0 Å². The summed E-state index contributed by atoms with van der Waals surface area (Å²) in [4.78, 5) is 19.7. The number of nitro groups is 1. The van der Waals surface area contributed by atoms with Crippen LogP contribution in [0.25, 0.3) is 11.1 Å². The molecule has 0 aliphatic heterocycles. The molecule has 0 unspecified atom stereocenters. The minimum atomic E-state index is -3.94. The molecule has 0 atom stereocenters. The Morgan fingerprint density at radius 1 is 1.12 bits per heavy atom. The van der Waals surface area contributed by atoms with Gasteiger partial charge >= 0.3 is 16.1 Å². The fourth-order valence-corrected chi connectivity index (χ4v) is 2.86. The van der Waals surface area contributed by atoms with Crippen LogP contribution in [0.5, 0.6) is 5.75 Å². The van der Waals surface area contributed by atoms with E-state index < -0.39 is 15.0 Å². The fraction of sp³-hybridized carbons (Fsp3) is 0.188. The summed E-state index contributed by atoms with van der Waals surface area (Å²) in [6.07, 6.45) is 0.469. The highest BCUT2D eigenvalue weighted by molar-refractivity contribution is 7.87. The number of para-hydroxylation sites is 1. The lowest BCUT2D eigenvalue weighted by Gasteiger charge is -2.02. The summed E-state index contributed by atoms with van der Waals surface area (Å²) in [5, 5.41) is 10.5. The lowest BCUT2D eigenvalue weighted by atomic mass is 10.3. The predicted octanol–water partition coefficient (Wildman–Crippen LogP) is 2.91. The number of nitrogens with zero attached hydrogens (tertiary/aromatic N) is 1. The summed E-state index contributed by atoms with van der Waals surface area (Å²) in [6, 6.07) is 9.88. The van der Waals surface area contributed by atoms with E-state index in [0.29, 0.717) is 12.2 Å². The zero-order chi connectivity index (χ0) is 18.6. The first-order valence-electron chi connectivity index (χ1n) is 7.19. The number of hydrogen-bond donors (Lipinski definition) is 0. The van der Waals surface area contributed by atoms with E-state index in [2.05, 4.69) is 4.74 Å². The van der Waals surface area contributed by atoms with E-state index in [1.165, 1.54) is 7.11 Å². The molecular formula is C16H15NO7S. The smallest absolute Gasteiger partial charge is 0.339 e. The Bertz CT molecular complexity index is 878. The number of carbonyl (C=O) groups excluding carboxylic acids is 1. The second kappa shape index (κ2) is 7.31. The third-order valence-electron chi connectivity index (χ3n) is 3.29. The maximum absolute atomic E-state index is 11.9. The van der Waals surface area contributed by atoms with Gasteiger partial charge in [-0.1, -0.05) is 25.1 Å². The molecule has 0 aromatic heterocycles. The first kappa shape index (κ1) is 18.4. The van der Waals surface area contributed by atoms with Crippen molar-refractivity contribution < 1.29 is 27.1 Å². The second-order valence-corrected chi connectivity index (χ2v) is 6.45. The highest BCUT2D eigenvalue weighted by Crippen LogP contribution is 2.52. The number of fused-ring (bicyclic) bond motifs is 1. The summed E-state index contributed by atoms with van der Waals surface area (Å²) in [6.45, 7) is 1.76. The van der Waals surface area contributed by atoms with Crippen LogP contribution in [0.2, 0.25) is 0 Å². The number of carbonyl (C=O) groups is 1. The summed E-state index contributed by atoms with van der Waals surface area (Å²) in [5.74, 6) is 0.191. The third-order valence-corrected chi connectivity index (χ3v) is 4.52. The molecule has 0 amide bonds. The Morgan fingerprint density at radius 3 is 2.08 bits per heavy atom. The Balaban J connectivity index is 0.000000326. The van der Waals surface area contributed by atoms with Gasteiger partial charge in [0.15, 0.2) is 5.75 Å². The van der Waals surface area contributed by atoms with E-state index in [4.69, 9.17) is 4.18 Å². The molecule has 0 N–H and O–H groups in total. The minimum Gasteiger partial charge on any atom is -0.469 e. The number of esters is 1. The number of rotatable bonds is 5. The van der Waals surface area contributed by atoms with Gasteiger partial charge in [0.25, 0.3) is 5.69 Å². The zero-order valence-electron chi connectivity index (χ0n) is 13.5. The van der Waals surface area contributed by atoms with Crippen molar-refractivity contribution in [3.05, 3.63) is 52.6 Å². The maximum Gasteiger partial charge on any atom is 0.339 e. The predicted molar refractivity (Wildman–Crippen MR) is 88.7 cm³/mol. The van der Waals surface area contributed by atoms with Gasteiger partial charge in [-0.05, 0) is 12.1 Å². The van der Waals surface area contributed by atoms with Gasteiger partial charge in [-0.3, -0.25) is 14.9 Å². The van der Waals surface area contributed by atoms with Crippen molar-refractivity contribution in [2.75, 3.05) is 7.11 Å². The average molecular weight is 365 g/mol. The number of methoxy groups -OCH3 is 1. The molecule has 25 heavy (non-hydrogen) atoms. The van der Waals surface area contributed by atoms with Crippen LogP contribution in [0.3, 0.4) is 0 Å². The fourth-order valence-electron chi connectivity index (χ4n) is 1.90. The molecule has 0 saturated heterocycles. The molecule has 9 heteroatoms. The second-order valence-electron chi connectivity index (χ2n) is 4.90. The van der Waals surface area contributed by atoms with Crippen LogP contribution in [0.1, 0.15) is 13.3 Å². The Labute approximate surface area is 144 Å². The normalized spacial score (nSPS) is 11.0. The monoisotopic (exact) mass is 365 g/mol. The molecule has 3 rings (SSSR count). The van der Waals surface area contributed by atoms with E-state index in [1.807, 2.05) is 0 Å². The number of nitro benzene ring substituents is 1. The summed E-state index contributed by atoms with van der Waals surface area (Å²) < 4.78 is 33.1. The van der Waals surface area contributed by atoms with Crippen LogP contribution < -0.4 is 4.18 Å².